The van der Waals surface area contributed by atoms with E-state index in [0.29, 0.717) is 24.5 Å². The summed E-state index contributed by atoms with van der Waals surface area (Å²) in [6, 6.07) is 9.24. The minimum Gasteiger partial charge on any atom is -0.496 e. The van der Waals surface area contributed by atoms with Gasteiger partial charge in [-0.15, -0.1) is 0 Å². The molecule has 0 aromatic heterocycles. The van der Waals surface area contributed by atoms with Gasteiger partial charge in [-0.05, 0) is 31.7 Å². The van der Waals surface area contributed by atoms with E-state index in [4.69, 9.17) is 4.74 Å². The van der Waals surface area contributed by atoms with Gasteiger partial charge in [-0.3, -0.25) is 4.79 Å². The van der Waals surface area contributed by atoms with E-state index in [1.165, 1.54) is 12.8 Å². The summed E-state index contributed by atoms with van der Waals surface area (Å²) in [5, 5.41) is 6.78. The smallest absolute Gasteiger partial charge is 0.224 e. The normalized spacial score (nSPS) is 28.1. The number of carbonyl (C=O) groups is 1. The van der Waals surface area contributed by atoms with Crippen molar-refractivity contribution in [3.05, 3.63) is 29.8 Å². The summed E-state index contributed by atoms with van der Waals surface area (Å²) in [6.45, 7) is 0. The molecule has 0 saturated carbocycles. The number of methoxy groups -OCH3 is 1. The lowest BCUT2D eigenvalue weighted by Crippen LogP contribution is -2.48. The van der Waals surface area contributed by atoms with Crippen LogP contribution in [0.2, 0.25) is 0 Å². The molecule has 2 fully saturated rings. The Labute approximate surface area is 119 Å². The van der Waals surface area contributed by atoms with Crippen LogP contribution in [0.1, 0.15) is 31.2 Å². The van der Waals surface area contributed by atoms with Crippen molar-refractivity contribution in [3.63, 3.8) is 0 Å². The molecule has 2 N–H and O–H groups in total. The molecule has 0 spiro atoms. The third-order valence-corrected chi connectivity index (χ3v) is 4.38. The summed E-state index contributed by atoms with van der Waals surface area (Å²) >= 11 is 0. The molecule has 4 nitrogen and oxygen atoms in total. The SMILES string of the molecule is COc1ccccc1CC(=O)NC1CC2CCC(C1)N2. The fourth-order valence-electron chi connectivity index (χ4n) is 3.48. The Bertz CT molecular complexity index is 477. The number of hydrogen-bond donors (Lipinski definition) is 2. The summed E-state index contributed by atoms with van der Waals surface area (Å²) in [6.07, 6.45) is 5.03. The Morgan fingerprint density at radius 2 is 2.00 bits per heavy atom. The van der Waals surface area contributed by atoms with Crippen molar-refractivity contribution >= 4 is 5.91 Å². The number of piperidine rings is 1. The Hall–Kier alpha value is -1.55. The zero-order valence-corrected chi connectivity index (χ0v) is 11.9. The van der Waals surface area contributed by atoms with Crippen LogP contribution in [-0.4, -0.2) is 31.1 Å². The Balaban J connectivity index is 1.57. The van der Waals surface area contributed by atoms with Crippen LogP contribution in [0.3, 0.4) is 0 Å². The molecule has 1 amide bonds. The zero-order valence-electron chi connectivity index (χ0n) is 11.9. The molecule has 108 valence electrons. The van der Waals surface area contributed by atoms with Gasteiger partial charge in [-0.2, -0.15) is 0 Å². The van der Waals surface area contributed by atoms with Crippen molar-refractivity contribution in [1.29, 1.82) is 0 Å². The number of amides is 1. The van der Waals surface area contributed by atoms with E-state index in [2.05, 4.69) is 10.6 Å². The number of benzene rings is 1. The highest BCUT2D eigenvalue weighted by Gasteiger charge is 2.33. The number of ether oxygens (including phenoxy) is 1. The van der Waals surface area contributed by atoms with Crippen molar-refractivity contribution < 1.29 is 9.53 Å². The maximum atomic E-state index is 12.2. The van der Waals surface area contributed by atoms with Crippen LogP contribution in [0.4, 0.5) is 0 Å². The minimum atomic E-state index is 0.0980. The number of hydrogen-bond acceptors (Lipinski definition) is 3. The van der Waals surface area contributed by atoms with Gasteiger partial charge < -0.3 is 15.4 Å². The molecule has 1 aromatic carbocycles. The van der Waals surface area contributed by atoms with Crippen molar-refractivity contribution in [3.8, 4) is 5.75 Å². The predicted octanol–water partition coefficient (Wildman–Crippen LogP) is 1.64. The van der Waals surface area contributed by atoms with E-state index in [9.17, 15) is 4.79 Å². The minimum absolute atomic E-state index is 0.0980. The lowest BCUT2D eigenvalue weighted by molar-refractivity contribution is -0.121. The highest BCUT2D eigenvalue weighted by molar-refractivity contribution is 5.79. The van der Waals surface area contributed by atoms with Crippen LogP contribution in [0.15, 0.2) is 24.3 Å². The van der Waals surface area contributed by atoms with Gasteiger partial charge in [0.2, 0.25) is 5.91 Å². The number of para-hydroxylation sites is 1. The van der Waals surface area contributed by atoms with Gasteiger partial charge in [0.1, 0.15) is 5.75 Å². The van der Waals surface area contributed by atoms with Gasteiger partial charge >= 0.3 is 0 Å². The lowest BCUT2D eigenvalue weighted by atomic mass is 9.99. The standard InChI is InChI=1S/C16H22N2O2/c1-20-15-5-3-2-4-11(15)8-16(19)18-14-9-12-6-7-13(10-14)17-12/h2-5,12-14,17H,6-10H2,1H3,(H,18,19). The van der Waals surface area contributed by atoms with Crippen LogP contribution < -0.4 is 15.4 Å². The first-order valence-electron chi connectivity index (χ1n) is 7.42. The number of rotatable bonds is 4. The summed E-state index contributed by atoms with van der Waals surface area (Å²) in [4.78, 5) is 12.2. The Morgan fingerprint density at radius 3 is 2.70 bits per heavy atom. The van der Waals surface area contributed by atoms with Gasteiger partial charge in [0.15, 0.2) is 0 Å². The first-order chi connectivity index (χ1) is 9.74. The monoisotopic (exact) mass is 274 g/mol. The maximum Gasteiger partial charge on any atom is 0.224 e. The van der Waals surface area contributed by atoms with Crippen LogP contribution in [-0.2, 0) is 11.2 Å². The van der Waals surface area contributed by atoms with E-state index < -0.39 is 0 Å². The van der Waals surface area contributed by atoms with E-state index >= 15 is 0 Å². The van der Waals surface area contributed by atoms with E-state index in [0.717, 1.165) is 24.2 Å². The third-order valence-electron chi connectivity index (χ3n) is 4.38. The van der Waals surface area contributed by atoms with Crippen LogP contribution in [0.5, 0.6) is 5.75 Å². The van der Waals surface area contributed by atoms with Gasteiger partial charge in [-0.1, -0.05) is 18.2 Å². The van der Waals surface area contributed by atoms with Gasteiger partial charge in [0.25, 0.3) is 0 Å². The summed E-state index contributed by atoms with van der Waals surface area (Å²) in [7, 11) is 1.64. The molecular weight excluding hydrogens is 252 g/mol. The van der Waals surface area contributed by atoms with Crippen molar-refractivity contribution in [2.75, 3.05) is 7.11 Å². The van der Waals surface area contributed by atoms with Crippen molar-refractivity contribution in [2.24, 2.45) is 0 Å². The second kappa shape index (κ2) is 5.83. The fraction of sp³-hybridized carbons (Fsp3) is 0.562. The molecule has 2 aliphatic heterocycles. The first kappa shape index (κ1) is 13.4. The highest BCUT2D eigenvalue weighted by Crippen LogP contribution is 2.27. The zero-order chi connectivity index (χ0) is 13.9. The number of carbonyl (C=O) groups excluding carboxylic acids is 1. The number of nitrogens with one attached hydrogen (secondary N) is 2. The first-order valence-corrected chi connectivity index (χ1v) is 7.42. The second-order valence-corrected chi connectivity index (χ2v) is 5.86. The van der Waals surface area contributed by atoms with E-state index in [1.54, 1.807) is 7.11 Å². The third kappa shape index (κ3) is 2.96. The summed E-state index contributed by atoms with van der Waals surface area (Å²) < 4.78 is 5.29. The predicted molar refractivity (Wildman–Crippen MR) is 77.8 cm³/mol. The average Bonchev–Trinajstić information content (AvgIpc) is 2.78. The van der Waals surface area contributed by atoms with Crippen LogP contribution in [0, 0.1) is 0 Å². The fourth-order valence-corrected chi connectivity index (χ4v) is 3.48. The largest absolute Gasteiger partial charge is 0.496 e. The van der Waals surface area contributed by atoms with Gasteiger partial charge in [0, 0.05) is 23.7 Å². The summed E-state index contributed by atoms with van der Waals surface area (Å²) in [5.74, 6) is 0.883. The molecule has 2 heterocycles. The molecular formula is C16H22N2O2. The van der Waals surface area contributed by atoms with E-state index in [1.807, 2.05) is 24.3 Å². The molecule has 0 radical (unpaired) electrons. The topological polar surface area (TPSA) is 50.4 Å². The Kier molecular flexibility index (Phi) is 3.92. The summed E-state index contributed by atoms with van der Waals surface area (Å²) in [5.41, 5.74) is 0.949. The highest BCUT2D eigenvalue weighted by atomic mass is 16.5. The molecule has 20 heavy (non-hydrogen) atoms. The van der Waals surface area contributed by atoms with Crippen LogP contribution >= 0.6 is 0 Å². The second-order valence-electron chi connectivity index (χ2n) is 5.86. The van der Waals surface area contributed by atoms with Gasteiger partial charge in [0.05, 0.1) is 13.5 Å². The molecule has 0 aliphatic carbocycles. The molecule has 3 rings (SSSR count). The molecule has 2 saturated heterocycles. The maximum absolute atomic E-state index is 12.2. The van der Waals surface area contributed by atoms with Crippen molar-refractivity contribution in [2.45, 2.75) is 50.2 Å². The van der Waals surface area contributed by atoms with E-state index in [-0.39, 0.29) is 5.91 Å². The molecule has 2 aliphatic rings. The van der Waals surface area contributed by atoms with Crippen molar-refractivity contribution in [1.82, 2.24) is 10.6 Å². The molecule has 1 aromatic rings. The molecule has 4 heteroatoms. The lowest BCUT2D eigenvalue weighted by Gasteiger charge is -2.29. The average molecular weight is 274 g/mol. The molecule has 2 atom stereocenters. The number of fused-ring (bicyclic) bond motifs is 2. The Morgan fingerprint density at radius 1 is 1.30 bits per heavy atom. The molecule has 2 bridgehead atoms. The molecule has 2 unspecified atom stereocenters. The van der Waals surface area contributed by atoms with Crippen LogP contribution in [0.25, 0.3) is 0 Å². The van der Waals surface area contributed by atoms with Gasteiger partial charge in [-0.25, -0.2) is 0 Å². The quantitative estimate of drug-likeness (QED) is 0.877.